The highest BCUT2D eigenvalue weighted by atomic mass is 16.1. The molecule has 0 heterocycles. The number of nitrogens with two attached hydrogens (primary N) is 1. The molecule has 9 rings (SSSR count). The van der Waals surface area contributed by atoms with E-state index in [1.165, 1.54) is 108 Å². The number of nitrogens with one attached hydrogen (secondary N) is 1. The average Bonchev–Trinajstić information content (AvgIpc) is 3.75. The maximum Gasteiger partial charge on any atom is 0.137 e. The van der Waals surface area contributed by atoms with Gasteiger partial charge in [0, 0.05) is 17.1 Å². The molecule has 236 valence electrons. The van der Waals surface area contributed by atoms with Crippen LogP contribution in [0.25, 0.3) is 0 Å². The Morgan fingerprint density at radius 2 is 1.61 bits per heavy atom. The fourth-order valence-electron chi connectivity index (χ4n) is 14.4. The largest absolute Gasteiger partial charge is 0.382 e. The number of carbonyl (C=O) groups excluding carboxylic acids is 1. The van der Waals surface area contributed by atoms with Crippen molar-refractivity contribution in [3.8, 4) is 0 Å². The van der Waals surface area contributed by atoms with Crippen LogP contribution >= 0.6 is 0 Å². The van der Waals surface area contributed by atoms with E-state index in [0.29, 0.717) is 41.0 Å². The van der Waals surface area contributed by atoms with E-state index in [1.54, 1.807) is 5.57 Å². The Balaban J connectivity index is 1.01. The van der Waals surface area contributed by atoms with E-state index in [2.05, 4.69) is 47.8 Å². The third-order valence-electron chi connectivity index (χ3n) is 16.1. The Morgan fingerprint density at radius 3 is 2.39 bits per heavy atom. The van der Waals surface area contributed by atoms with Crippen molar-refractivity contribution in [3.05, 3.63) is 54.6 Å². The van der Waals surface area contributed by atoms with Crippen molar-refractivity contribution in [2.24, 2.45) is 81.7 Å². The summed E-state index contributed by atoms with van der Waals surface area (Å²) in [6, 6.07) is 11.1. The van der Waals surface area contributed by atoms with Crippen molar-refractivity contribution in [1.82, 2.24) is 0 Å². The lowest BCUT2D eigenvalue weighted by molar-refractivity contribution is -0.111. The van der Waals surface area contributed by atoms with Gasteiger partial charge in [0.25, 0.3) is 0 Å². The van der Waals surface area contributed by atoms with Gasteiger partial charge in [0.05, 0.1) is 6.04 Å². The molecule has 0 unspecified atom stereocenters. The third kappa shape index (κ3) is 4.05. The number of carbonyl (C=O) groups is 1. The number of allylic oxidation sites excluding steroid dienone is 3. The number of aldehydes is 1. The minimum atomic E-state index is -0.326. The second-order valence-electron chi connectivity index (χ2n) is 17.4. The highest BCUT2D eigenvalue weighted by Gasteiger charge is 2.76. The van der Waals surface area contributed by atoms with E-state index in [0.717, 1.165) is 35.5 Å². The van der Waals surface area contributed by atoms with E-state index in [1.807, 2.05) is 0 Å². The Labute approximate surface area is 266 Å². The lowest BCUT2D eigenvalue weighted by Crippen LogP contribution is -2.44. The fourth-order valence-corrected chi connectivity index (χ4v) is 14.4. The lowest BCUT2D eigenvalue weighted by atomic mass is 9.63. The van der Waals surface area contributed by atoms with E-state index in [4.69, 9.17) is 12.3 Å². The standard InChI is InChI=1S/C41H56N2O/c1-25-33-20-27(26-9-5-6-10-26)21-35(33)39-36(23-40(25)17-7-8-18-40)41(39,38(42)24-44)29-13-14-31-28(19-29)22-34-32(31)15-16-37(34)43-30-11-3-2-4-12-30/h2-4,11-14,24,26-29,31-39,43H,1,5-10,15-23,42H2/t27-,28-,29+,31+,32-,33-,34+,35+,36+,37+,38-,39+,41+/m0/s1. The van der Waals surface area contributed by atoms with Crippen LogP contribution in [0.2, 0.25) is 0 Å². The van der Waals surface area contributed by atoms with Crippen molar-refractivity contribution in [3.63, 3.8) is 0 Å². The number of anilines is 1. The summed E-state index contributed by atoms with van der Waals surface area (Å²) in [7, 11) is 0. The van der Waals surface area contributed by atoms with E-state index < -0.39 is 0 Å². The minimum Gasteiger partial charge on any atom is -0.382 e. The summed E-state index contributed by atoms with van der Waals surface area (Å²) in [4.78, 5) is 12.8. The normalized spacial score (nSPS) is 47.6. The van der Waals surface area contributed by atoms with Crippen LogP contribution in [0, 0.1) is 75.9 Å². The predicted octanol–water partition coefficient (Wildman–Crippen LogP) is 8.82. The highest BCUT2D eigenvalue weighted by Crippen LogP contribution is 2.79. The summed E-state index contributed by atoms with van der Waals surface area (Å²) in [5.41, 5.74) is 10.3. The minimum absolute atomic E-state index is 0.0214. The summed E-state index contributed by atoms with van der Waals surface area (Å²) in [5, 5.41) is 3.94. The van der Waals surface area contributed by atoms with Crippen molar-refractivity contribution in [1.29, 1.82) is 0 Å². The first-order chi connectivity index (χ1) is 21.5. The van der Waals surface area contributed by atoms with Gasteiger partial charge >= 0.3 is 0 Å². The summed E-state index contributed by atoms with van der Waals surface area (Å²) in [5.74, 6) is 7.94. The van der Waals surface area contributed by atoms with Crippen molar-refractivity contribution in [2.75, 3.05) is 5.32 Å². The van der Waals surface area contributed by atoms with Crippen LogP contribution in [0.1, 0.15) is 96.3 Å². The first-order valence-electron chi connectivity index (χ1n) is 18.9. The first kappa shape index (κ1) is 28.4. The molecule has 0 radical (unpaired) electrons. The molecule has 3 N–H and O–H groups in total. The van der Waals surface area contributed by atoms with Crippen LogP contribution in [0.4, 0.5) is 5.69 Å². The highest BCUT2D eigenvalue weighted by molar-refractivity contribution is 5.62. The molecule has 1 spiro atoms. The zero-order valence-electron chi connectivity index (χ0n) is 26.9. The van der Waals surface area contributed by atoms with Crippen molar-refractivity contribution in [2.45, 2.75) is 108 Å². The van der Waals surface area contributed by atoms with Crippen molar-refractivity contribution < 1.29 is 4.79 Å². The van der Waals surface area contributed by atoms with E-state index >= 15 is 0 Å². The van der Waals surface area contributed by atoms with Gasteiger partial charge in [-0.15, -0.1) is 0 Å². The Hall–Kier alpha value is -1.87. The Kier molecular flexibility index (Phi) is 6.82. The Morgan fingerprint density at radius 1 is 0.841 bits per heavy atom. The number of fused-ring (bicyclic) bond motifs is 6. The molecule has 0 saturated heterocycles. The molecule has 7 saturated carbocycles. The van der Waals surface area contributed by atoms with Gasteiger partial charge in [0.15, 0.2) is 0 Å². The second-order valence-corrected chi connectivity index (χ2v) is 17.4. The molecule has 0 bridgehead atoms. The summed E-state index contributed by atoms with van der Waals surface area (Å²) >= 11 is 0. The average molecular weight is 593 g/mol. The molecule has 13 atom stereocenters. The van der Waals surface area contributed by atoms with Crippen LogP contribution in [-0.2, 0) is 4.79 Å². The van der Waals surface area contributed by atoms with Gasteiger partial charge in [-0.25, -0.2) is 0 Å². The molecule has 0 aliphatic heterocycles. The lowest BCUT2D eigenvalue weighted by Gasteiger charge is -2.42. The van der Waals surface area contributed by atoms with Gasteiger partial charge in [0.2, 0.25) is 0 Å². The molecule has 44 heavy (non-hydrogen) atoms. The molecule has 7 fully saturated rings. The SMILES string of the molecule is C=C1[C@@H]2C[C@H](C3CCCC3)C[C@H]2[C@@H]2[C@@H](CC13CCCC3)[C@]2([C@@H]1C=C[C@@H]2[C@H](C[C@@H]3[C@H]2CC[C@H]3Nc2ccccc2)C1)[C@@H](N)C=O. The smallest absolute Gasteiger partial charge is 0.137 e. The van der Waals surface area contributed by atoms with Gasteiger partial charge in [-0.3, -0.25) is 0 Å². The topological polar surface area (TPSA) is 55.1 Å². The van der Waals surface area contributed by atoms with E-state index in [-0.39, 0.29) is 11.5 Å². The predicted molar refractivity (Wildman–Crippen MR) is 179 cm³/mol. The van der Waals surface area contributed by atoms with Crippen LogP contribution < -0.4 is 11.1 Å². The number of hydrogen-bond donors (Lipinski definition) is 2. The second kappa shape index (κ2) is 10.6. The molecule has 3 heteroatoms. The maximum atomic E-state index is 12.8. The molecule has 1 aromatic carbocycles. The zero-order valence-corrected chi connectivity index (χ0v) is 26.9. The first-order valence-corrected chi connectivity index (χ1v) is 18.9. The number of rotatable bonds is 6. The quantitative estimate of drug-likeness (QED) is 0.256. The molecule has 1 aromatic rings. The van der Waals surface area contributed by atoms with Crippen LogP contribution in [0.3, 0.4) is 0 Å². The summed E-state index contributed by atoms with van der Waals surface area (Å²) in [6.45, 7) is 4.99. The molecule has 0 aromatic heterocycles. The monoisotopic (exact) mass is 592 g/mol. The van der Waals surface area contributed by atoms with Gasteiger partial charge < -0.3 is 15.8 Å². The van der Waals surface area contributed by atoms with Crippen LogP contribution in [-0.4, -0.2) is 18.4 Å². The molecule has 0 amide bonds. The Bertz CT molecular complexity index is 1290. The molecular weight excluding hydrogens is 536 g/mol. The molecule has 8 aliphatic carbocycles. The zero-order chi connectivity index (χ0) is 29.6. The number of para-hydroxylation sites is 1. The van der Waals surface area contributed by atoms with Gasteiger partial charge in [-0.05, 0) is 140 Å². The molecular formula is C41H56N2O. The van der Waals surface area contributed by atoms with Crippen LogP contribution in [0.15, 0.2) is 54.6 Å². The van der Waals surface area contributed by atoms with Crippen LogP contribution in [0.5, 0.6) is 0 Å². The van der Waals surface area contributed by atoms with Gasteiger partial charge in [-0.1, -0.05) is 81.0 Å². The molecule has 3 nitrogen and oxygen atoms in total. The fraction of sp³-hybridized carbons (Fsp3) is 0.732. The van der Waals surface area contributed by atoms with E-state index in [9.17, 15) is 4.79 Å². The number of benzene rings is 1. The maximum absolute atomic E-state index is 12.8. The van der Waals surface area contributed by atoms with Crippen molar-refractivity contribution >= 4 is 12.0 Å². The molecule has 8 aliphatic rings. The summed E-state index contributed by atoms with van der Waals surface area (Å²) in [6.07, 6.45) is 27.0. The number of hydrogen-bond acceptors (Lipinski definition) is 3. The van der Waals surface area contributed by atoms with Gasteiger partial charge in [-0.2, -0.15) is 0 Å². The third-order valence-corrected chi connectivity index (χ3v) is 16.1. The van der Waals surface area contributed by atoms with Gasteiger partial charge in [0.1, 0.15) is 6.29 Å². The summed E-state index contributed by atoms with van der Waals surface area (Å²) < 4.78 is 0.